The minimum Gasteiger partial charge on any atom is -0.321 e. The third kappa shape index (κ3) is 2.55. The van der Waals surface area contributed by atoms with E-state index in [9.17, 15) is 9.18 Å². The quantitative estimate of drug-likeness (QED) is 0.900. The Morgan fingerprint density at radius 2 is 2.17 bits per heavy atom. The second-order valence-electron chi connectivity index (χ2n) is 3.67. The van der Waals surface area contributed by atoms with E-state index in [4.69, 9.17) is 5.26 Å². The van der Waals surface area contributed by atoms with Gasteiger partial charge in [0.05, 0.1) is 10.4 Å². The average molecular weight is 260 g/mol. The number of carbonyl (C=O) groups excluding carboxylic acids is 1. The maximum absolute atomic E-state index is 13.1. The van der Waals surface area contributed by atoms with Crippen molar-refractivity contribution in [3.8, 4) is 6.07 Å². The zero-order valence-corrected chi connectivity index (χ0v) is 10.3. The molecular formula is C13H9FN2OS. The molecule has 0 fully saturated rings. The van der Waals surface area contributed by atoms with Gasteiger partial charge in [0.15, 0.2) is 0 Å². The molecular weight excluding hydrogens is 251 g/mol. The summed E-state index contributed by atoms with van der Waals surface area (Å²) in [6.07, 6.45) is 0. The highest BCUT2D eigenvalue weighted by Crippen LogP contribution is 2.18. The van der Waals surface area contributed by atoms with Crippen molar-refractivity contribution in [1.82, 2.24) is 0 Å². The van der Waals surface area contributed by atoms with Crippen molar-refractivity contribution in [3.05, 3.63) is 51.5 Å². The lowest BCUT2D eigenvalue weighted by atomic mass is 10.2. The first kappa shape index (κ1) is 12.3. The van der Waals surface area contributed by atoms with Crippen molar-refractivity contribution in [1.29, 1.82) is 5.26 Å². The summed E-state index contributed by atoms with van der Waals surface area (Å²) in [5.74, 6) is -0.855. The van der Waals surface area contributed by atoms with E-state index < -0.39 is 5.82 Å². The summed E-state index contributed by atoms with van der Waals surface area (Å²) in [4.78, 5) is 13.5. The first-order chi connectivity index (χ1) is 8.60. The van der Waals surface area contributed by atoms with Gasteiger partial charge < -0.3 is 5.32 Å². The molecule has 1 aromatic heterocycles. The Bertz CT molecular complexity index is 643. The number of rotatable bonds is 2. The van der Waals surface area contributed by atoms with Gasteiger partial charge in [-0.3, -0.25) is 4.79 Å². The lowest BCUT2D eigenvalue weighted by Crippen LogP contribution is -2.10. The molecule has 18 heavy (non-hydrogen) atoms. The molecule has 5 heteroatoms. The number of anilines is 1. The molecule has 1 amide bonds. The van der Waals surface area contributed by atoms with Crippen molar-refractivity contribution < 1.29 is 9.18 Å². The fourth-order valence-electron chi connectivity index (χ4n) is 1.44. The molecule has 0 unspecified atom stereocenters. The maximum Gasteiger partial charge on any atom is 0.265 e. The maximum atomic E-state index is 13.1. The van der Waals surface area contributed by atoms with E-state index in [1.807, 2.05) is 13.0 Å². The number of hydrogen-bond donors (Lipinski definition) is 1. The summed E-state index contributed by atoms with van der Waals surface area (Å²) in [6, 6.07) is 9.21. The van der Waals surface area contributed by atoms with Crippen LogP contribution in [0, 0.1) is 24.1 Å². The van der Waals surface area contributed by atoms with Crippen LogP contribution in [0.2, 0.25) is 0 Å². The van der Waals surface area contributed by atoms with Gasteiger partial charge in [0.1, 0.15) is 11.9 Å². The van der Waals surface area contributed by atoms with E-state index in [0.29, 0.717) is 10.6 Å². The molecule has 0 atom stereocenters. The molecule has 90 valence electrons. The fraction of sp³-hybridized carbons (Fsp3) is 0.0769. The highest BCUT2D eigenvalue weighted by molar-refractivity contribution is 7.14. The molecule has 0 aliphatic carbocycles. The van der Waals surface area contributed by atoms with E-state index in [-0.39, 0.29) is 11.5 Å². The molecule has 0 saturated carbocycles. The summed E-state index contributed by atoms with van der Waals surface area (Å²) in [6.45, 7) is 1.91. The van der Waals surface area contributed by atoms with Gasteiger partial charge in [-0.25, -0.2) is 4.39 Å². The van der Waals surface area contributed by atoms with Crippen LogP contribution in [-0.4, -0.2) is 5.91 Å². The Labute approximate surface area is 107 Å². The first-order valence-corrected chi connectivity index (χ1v) is 5.99. The fourth-order valence-corrected chi connectivity index (χ4v) is 2.20. The highest BCUT2D eigenvalue weighted by Gasteiger charge is 2.09. The molecule has 0 bridgehead atoms. The predicted molar refractivity (Wildman–Crippen MR) is 68.1 cm³/mol. The smallest absolute Gasteiger partial charge is 0.265 e. The lowest BCUT2D eigenvalue weighted by molar-refractivity contribution is 0.103. The van der Waals surface area contributed by atoms with Crippen LogP contribution >= 0.6 is 11.3 Å². The van der Waals surface area contributed by atoms with E-state index >= 15 is 0 Å². The summed E-state index contributed by atoms with van der Waals surface area (Å²) in [5.41, 5.74) is 0.319. The monoisotopic (exact) mass is 260 g/mol. The Hall–Kier alpha value is -2.19. The van der Waals surface area contributed by atoms with Gasteiger partial charge in [0.2, 0.25) is 0 Å². The van der Waals surface area contributed by atoms with Gasteiger partial charge in [-0.2, -0.15) is 5.26 Å². The molecule has 0 aliphatic rings. The number of benzene rings is 1. The van der Waals surface area contributed by atoms with Gasteiger partial charge in [-0.1, -0.05) is 0 Å². The predicted octanol–water partition coefficient (Wildman–Crippen LogP) is 3.32. The molecule has 2 aromatic rings. The van der Waals surface area contributed by atoms with Crippen LogP contribution in [0.5, 0.6) is 0 Å². The second-order valence-corrected chi connectivity index (χ2v) is 4.96. The molecule has 1 N–H and O–H groups in total. The number of nitrogens with zero attached hydrogens (tertiary/aromatic N) is 1. The van der Waals surface area contributed by atoms with Gasteiger partial charge >= 0.3 is 0 Å². The number of hydrogen-bond acceptors (Lipinski definition) is 3. The van der Waals surface area contributed by atoms with Crippen LogP contribution < -0.4 is 5.32 Å². The lowest BCUT2D eigenvalue weighted by Gasteiger charge is -2.04. The van der Waals surface area contributed by atoms with Gasteiger partial charge in [-0.15, -0.1) is 11.3 Å². The number of nitrogens with one attached hydrogen (secondary N) is 1. The van der Waals surface area contributed by atoms with E-state index in [0.717, 1.165) is 10.9 Å². The third-order valence-corrected chi connectivity index (χ3v) is 3.31. The molecule has 0 aliphatic heterocycles. The van der Waals surface area contributed by atoms with Crippen LogP contribution in [0.1, 0.15) is 20.1 Å². The summed E-state index contributed by atoms with van der Waals surface area (Å²) < 4.78 is 13.1. The molecule has 2 rings (SSSR count). The van der Waals surface area contributed by atoms with Crippen molar-refractivity contribution in [2.24, 2.45) is 0 Å². The largest absolute Gasteiger partial charge is 0.321 e. The Morgan fingerprint density at radius 1 is 1.39 bits per heavy atom. The zero-order chi connectivity index (χ0) is 13.1. The number of amides is 1. The molecule has 0 saturated heterocycles. The minimum atomic E-state index is -0.595. The normalized spacial score (nSPS) is 9.83. The van der Waals surface area contributed by atoms with Crippen molar-refractivity contribution >= 4 is 22.9 Å². The van der Waals surface area contributed by atoms with Crippen LogP contribution in [0.3, 0.4) is 0 Å². The highest BCUT2D eigenvalue weighted by atomic mass is 32.1. The molecule has 1 aromatic carbocycles. The Kier molecular flexibility index (Phi) is 3.40. The van der Waals surface area contributed by atoms with Crippen molar-refractivity contribution in [3.63, 3.8) is 0 Å². The van der Waals surface area contributed by atoms with Gasteiger partial charge in [0, 0.05) is 10.6 Å². The second kappa shape index (κ2) is 4.98. The Morgan fingerprint density at radius 3 is 2.78 bits per heavy atom. The standard InChI is InChI=1S/C13H9FN2OS/c1-8-2-5-12(18-8)13(17)16-10-3-4-11(14)9(6-10)7-15/h2-6H,1H3,(H,16,17). The number of thiophene rings is 1. The van der Waals surface area contributed by atoms with E-state index in [1.165, 1.54) is 23.5 Å². The van der Waals surface area contributed by atoms with Gasteiger partial charge in [-0.05, 0) is 37.3 Å². The number of aryl methyl sites for hydroxylation is 1. The van der Waals surface area contributed by atoms with Crippen LogP contribution in [0.25, 0.3) is 0 Å². The van der Waals surface area contributed by atoms with Crippen molar-refractivity contribution in [2.75, 3.05) is 5.32 Å². The molecule has 1 heterocycles. The van der Waals surface area contributed by atoms with Crippen molar-refractivity contribution in [2.45, 2.75) is 6.92 Å². The average Bonchev–Trinajstić information content (AvgIpc) is 2.78. The SMILES string of the molecule is Cc1ccc(C(=O)Nc2ccc(F)c(C#N)c2)s1. The topological polar surface area (TPSA) is 52.9 Å². The number of halogens is 1. The number of nitriles is 1. The van der Waals surface area contributed by atoms with E-state index in [2.05, 4.69) is 5.32 Å². The molecule has 3 nitrogen and oxygen atoms in total. The van der Waals surface area contributed by atoms with E-state index in [1.54, 1.807) is 12.1 Å². The Balaban J connectivity index is 2.20. The zero-order valence-electron chi connectivity index (χ0n) is 9.53. The summed E-state index contributed by atoms with van der Waals surface area (Å²) in [7, 11) is 0. The number of carbonyl (C=O) groups is 1. The van der Waals surface area contributed by atoms with Crippen LogP contribution in [0.15, 0.2) is 30.3 Å². The van der Waals surface area contributed by atoms with Gasteiger partial charge in [0.25, 0.3) is 5.91 Å². The first-order valence-electron chi connectivity index (χ1n) is 5.17. The summed E-state index contributed by atoms with van der Waals surface area (Å²) in [5, 5.41) is 11.3. The molecule has 0 radical (unpaired) electrons. The van der Waals surface area contributed by atoms with Crippen LogP contribution in [-0.2, 0) is 0 Å². The third-order valence-electron chi connectivity index (χ3n) is 2.31. The van der Waals surface area contributed by atoms with Crippen LogP contribution in [0.4, 0.5) is 10.1 Å². The molecule has 0 spiro atoms. The minimum absolute atomic E-state index is 0.0878. The summed E-state index contributed by atoms with van der Waals surface area (Å²) >= 11 is 1.38.